The number of piperidine rings is 1. The third-order valence-electron chi connectivity index (χ3n) is 22.9. The van der Waals surface area contributed by atoms with Gasteiger partial charge in [-0.3, -0.25) is 24.3 Å². The summed E-state index contributed by atoms with van der Waals surface area (Å²) in [7, 11) is -0.879. The second-order valence-corrected chi connectivity index (χ2v) is 39.0. The van der Waals surface area contributed by atoms with E-state index >= 15 is 8.78 Å². The number of piperazine rings is 1. The Hall–Kier alpha value is -7.92. The number of fused-ring (bicyclic) bond motifs is 4. The largest absolute Gasteiger partial charge is 0.468 e. The summed E-state index contributed by atoms with van der Waals surface area (Å²) in [4.78, 5) is 78.5. The van der Waals surface area contributed by atoms with E-state index in [1.54, 1.807) is 66.9 Å². The zero-order valence-corrected chi connectivity index (χ0v) is 64.0. The summed E-state index contributed by atoms with van der Waals surface area (Å²) in [6, 6.07) is 16.3. The molecule has 564 valence electrons. The molecule has 0 radical (unpaired) electrons. The smallest absolute Gasteiger partial charge is 0.410 e. The van der Waals surface area contributed by atoms with Gasteiger partial charge in [0.15, 0.2) is 12.6 Å². The lowest BCUT2D eigenvalue weighted by molar-refractivity contribution is -0.148. The predicted octanol–water partition coefficient (Wildman–Crippen LogP) is 12.8. The molecule has 4 N–H and O–H groups in total. The highest BCUT2D eigenvalue weighted by atomic mass is 28.3. The summed E-state index contributed by atoms with van der Waals surface area (Å²) >= 11 is 0. The number of β-amino-alcohol motifs (C(OH)–C–C–N with tert-alkyl or cyclic N) is 1. The standard InChI is InChI=1S/C81H104F3N9O11Si/c1-48(2)105(49(3)4,50(5)6)33-26-60-64(83)25-22-53-34-57(103-47-100-13)36-61(68(53)60)70-69(84)71-62(39-85-70)73(91-40-54-23-24-55(41-91)93(54)77(99)104-79(10,11)12)89-76(88-71)102-46-81(27-28-81)45-90-31-29-80(30-32-90)37-58(38-80)101-44-67(96)87-72(78(7,8)9)75(98)92-42-56(95)35-66(92)74(97)86-65(43-94)52-20-18-51(19-21-52)59-16-14-15-17-63(59)82/h14-22,25,34,36,39,48-50,54-56,58,65-66,72,94-95H,23-24,27-32,35,37-38,40-47H2,1-13H3,(H,86,97)(H,87,96)/t54?,55?,56-,65+,66+,72-/m1/s1. The van der Waals surface area contributed by atoms with Crippen molar-refractivity contribution >= 4 is 59.4 Å². The van der Waals surface area contributed by atoms with E-state index < -0.39 is 79.3 Å². The summed E-state index contributed by atoms with van der Waals surface area (Å²) in [5, 5.41) is 28.3. The number of likely N-dealkylation sites (tertiary alicyclic amines) is 2. The van der Waals surface area contributed by atoms with Gasteiger partial charge in [0.1, 0.15) is 66.8 Å². The zero-order valence-electron chi connectivity index (χ0n) is 63.0. The number of anilines is 1. The van der Waals surface area contributed by atoms with Gasteiger partial charge in [0, 0.05) is 67.8 Å². The van der Waals surface area contributed by atoms with Crippen molar-refractivity contribution in [3.8, 4) is 45.6 Å². The molecular formula is C81H104F3N9O11Si. The first-order chi connectivity index (χ1) is 49.8. The van der Waals surface area contributed by atoms with E-state index in [9.17, 15) is 33.8 Å². The number of hydrogen-bond acceptors (Lipinski definition) is 16. The number of carbonyl (C=O) groups excluding carboxylic acids is 4. The summed E-state index contributed by atoms with van der Waals surface area (Å²) in [5.41, 5.74) is 4.80. The molecule has 6 heterocycles. The number of aliphatic hydroxyl groups is 2. The minimum absolute atomic E-state index is 0.00332. The highest BCUT2D eigenvalue weighted by molar-refractivity contribution is 6.90. The number of rotatable bonds is 23. The topological polar surface area (TPSA) is 231 Å². The van der Waals surface area contributed by atoms with Crippen LogP contribution in [0.25, 0.3) is 44.1 Å². The van der Waals surface area contributed by atoms with E-state index in [1.807, 2.05) is 46.4 Å². The first-order valence-corrected chi connectivity index (χ1v) is 39.6. The van der Waals surface area contributed by atoms with Gasteiger partial charge in [-0.2, -0.15) is 9.97 Å². The van der Waals surface area contributed by atoms with Crippen LogP contribution in [0.3, 0.4) is 0 Å². The Labute approximate surface area is 615 Å². The lowest BCUT2D eigenvalue weighted by Gasteiger charge is -2.52. The van der Waals surface area contributed by atoms with Crippen LogP contribution in [0, 0.1) is 45.2 Å². The van der Waals surface area contributed by atoms with Crippen molar-refractivity contribution in [2.45, 2.75) is 206 Å². The normalized spacial score (nSPS) is 20.9. The number of halogens is 3. The molecule has 6 atom stereocenters. The second kappa shape index (κ2) is 30.7. The molecule has 2 aliphatic carbocycles. The van der Waals surface area contributed by atoms with E-state index in [0.717, 1.165) is 71.0 Å². The minimum Gasteiger partial charge on any atom is -0.468 e. The highest BCUT2D eigenvalue weighted by Crippen LogP contribution is 2.53. The molecule has 4 saturated heterocycles. The van der Waals surface area contributed by atoms with Crippen LogP contribution in [-0.2, 0) is 28.6 Å². The molecular weight excluding hydrogens is 1360 g/mol. The van der Waals surface area contributed by atoms with Crippen LogP contribution in [0.2, 0.25) is 16.6 Å². The van der Waals surface area contributed by atoms with Crippen LogP contribution in [0.5, 0.6) is 11.8 Å². The van der Waals surface area contributed by atoms with Crippen LogP contribution in [-0.4, -0.2) is 187 Å². The van der Waals surface area contributed by atoms with Gasteiger partial charge in [-0.25, -0.2) is 18.0 Å². The number of pyridine rings is 1. The maximum atomic E-state index is 18.4. The van der Waals surface area contributed by atoms with Crippen molar-refractivity contribution in [2.75, 3.05) is 77.9 Å². The summed E-state index contributed by atoms with van der Waals surface area (Å²) < 4.78 is 79.7. The average molecular weight is 1460 g/mol. The molecule has 4 amide bonds. The SMILES string of the molecule is COCOc1cc(-c2ncc3c(N4CC5CCC(C4)N5C(=O)OC(C)(C)C)nc(OCC4(CN5CCC6(CC5)CC(OCC(=O)N[C@H](C(=O)N5C[C@H](O)C[C@H]5C(=O)N[C@@H](CO)c5ccc(-c7ccccc7F)cc5)C(C)(C)C)C6)CC4)nc3c2F)c2c(C#C[Si](C(C)C)(C(C)C)C(C)C)c(F)ccc2c1. The Bertz CT molecular complexity index is 4230. The highest BCUT2D eigenvalue weighted by Gasteiger charge is 2.52. The average Bonchev–Trinajstić information content (AvgIpc) is 0.822. The molecule has 2 saturated carbocycles. The number of benzene rings is 4. The van der Waals surface area contributed by atoms with E-state index in [2.05, 4.69) is 73.4 Å². The van der Waals surface area contributed by atoms with E-state index in [-0.39, 0.29) is 119 Å². The van der Waals surface area contributed by atoms with Gasteiger partial charge in [0.25, 0.3) is 0 Å². The number of nitrogens with zero attached hydrogens (tertiary/aromatic N) is 7. The van der Waals surface area contributed by atoms with Crippen LogP contribution in [0.15, 0.2) is 79.0 Å². The number of hydrogen-bond donors (Lipinski definition) is 4. The van der Waals surface area contributed by atoms with Gasteiger partial charge in [0.05, 0.1) is 54.5 Å². The maximum absolute atomic E-state index is 18.4. The number of nitrogens with one attached hydrogen (secondary N) is 2. The molecule has 4 aliphatic heterocycles. The van der Waals surface area contributed by atoms with Crippen molar-refractivity contribution in [3.05, 3.63) is 108 Å². The Morgan fingerprint density at radius 2 is 1.48 bits per heavy atom. The second-order valence-electron chi connectivity index (χ2n) is 33.4. The first kappa shape index (κ1) is 76.7. The number of amides is 4. The van der Waals surface area contributed by atoms with Gasteiger partial charge < -0.3 is 59.2 Å². The van der Waals surface area contributed by atoms with Gasteiger partial charge in [-0.1, -0.05) is 117 Å². The fraction of sp³-hybridized carbons (Fsp3) is 0.568. The number of carbonyl (C=O) groups is 4. The molecule has 2 bridgehead atoms. The van der Waals surface area contributed by atoms with Crippen LogP contribution in [0.1, 0.15) is 158 Å². The number of aromatic nitrogens is 3. The first-order valence-electron chi connectivity index (χ1n) is 37.4. The molecule has 2 aromatic heterocycles. The molecule has 24 heteroatoms. The van der Waals surface area contributed by atoms with Crippen molar-refractivity contribution in [3.63, 3.8) is 0 Å². The van der Waals surface area contributed by atoms with Gasteiger partial charge in [0.2, 0.25) is 17.7 Å². The van der Waals surface area contributed by atoms with Crippen molar-refractivity contribution < 1.29 is 66.2 Å². The lowest BCUT2D eigenvalue weighted by Crippen LogP contribution is -2.58. The van der Waals surface area contributed by atoms with E-state index in [1.165, 1.54) is 24.1 Å². The van der Waals surface area contributed by atoms with Gasteiger partial charge in [-0.15, -0.1) is 5.54 Å². The predicted molar refractivity (Wildman–Crippen MR) is 399 cm³/mol. The van der Waals surface area contributed by atoms with Crippen molar-refractivity contribution in [1.29, 1.82) is 0 Å². The molecule has 6 aromatic rings. The fourth-order valence-corrected chi connectivity index (χ4v) is 22.4. The molecule has 4 aromatic carbocycles. The molecule has 2 unspecified atom stereocenters. The van der Waals surface area contributed by atoms with Crippen molar-refractivity contribution in [1.82, 2.24) is 40.3 Å². The summed E-state index contributed by atoms with van der Waals surface area (Å²) in [6.07, 6.45) is 6.82. The maximum Gasteiger partial charge on any atom is 0.410 e. The third kappa shape index (κ3) is 16.3. The van der Waals surface area contributed by atoms with Gasteiger partial charge in [-0.05, 0) is 153 Å². The van der Waals surface area contributed by atoms with Crippen LogP contribution >= 0.6 is 0 Å². The number of ether oxygens (including phenoxy) is 5. The van der Waals surface area contributed by atoms with E-state index in [4.69, 9.17) is 38.6 Å². The summed E-state index contributed by atoms with van der Waals surface area (Å²) in [5.74, 6) is 0.924. The van der Waals surface area contributed by atoms with Crippen LogP contribution < -0.4 is 25.0 Å². The quantitative estimate of drug-likeness (QED) is 0.0265. The lowest BCUT2D eigenvalue weighted by atomic mass is 9.61. The van der Waals surface area contributed by atoms with Crippen LogP contribution in [0.4, 0.5) is 23.8 Å². The zero-order chi connectivity index (χ0) is 75.2. The molecule has 1 spiro atoms. The third-order valence-corrected chi connectivity index (χ3v) is 29.2. The van der Waals surface area contributed by atoms with Gasteiger partial charge >= 0.3 is 12.1 Å². The number of methoxy groups -OCH3 is 1. The Morgan fingerprint density at radius 3 is 2.10 bits per heavy atom. The monoisotopic (exact) mass is 1460 g/mol. The molecule has 12 rings (SSSR count). The molecule has 20 nitrogen and oxygen atoms in total. The Balaban J connectivity index is 0.711. The molecule has 105 heavy (non-hydrogen) atoms. The minimum atomic E-state index is -2.39. The molecule has 6 fully saturated rings. The van der Waals surface area contributed by atoms with E-state index in [0.29, 0.717) is 57.5 Å². The molecule has 6 aliphatic rings. The fourth-order valence-electron chi connectivity index (χ4n) is 17.2. The Morgan fingerprint density at radius 1 is 0.800 bits per heavy atom. The Kier molecular flexibility index (Phi) is 22.5. The number of aliphatic hydroxyl groups excluding tert-OH is 2. The van der Waals surface area contributed by atoms with Crippen molar-refractivity contribution in [2.24, 2.45) is 16.2 Å². The summed E-state index contributed by atoms with van der Waals surface area (Å²) in [6.45, 7) is 26.9.